The molecule has 0 aliphatic carbocycles. The molecule has 694 valence electrons. The van der Waals surface area contributed by atoms with Crippen molar-refractivity contribution in [2.75, 3.05) is 156 Å². The zero-order chi connectivity index (χ0) is 91.7. The Morgan fingerprint density at radius 1 is 0.520 bits per heavy atom. The lowest BCUT2D eigenvalue weighted by atomic mass is 10.0. The fourth-order valence-corrected chi connectivity index (χ4v) is 16.3. The molecule has 14 amide bonds. The minimum absolute atomic E-state index is 0.000386. The molecule has 6 rings (SSSR count). The zero-order valence-corrected chi connectivity index (χ0v) is 71.6. The normalized spacial score (nSPS) is 22.0. The third kappa shape index (κ3) is 36.9. The first kappa shape index (κ1) is 103. The van der Waals surface area contributed by atoms with E-state index >= 15 is 4.79 Å². The van der Waals surface area contributed by atoms with Crippen LogP contribution in [0.3, 0.4) is 0 Å². The third-order valence-electron chi connectivity index (χ3n) is 20.6. The predicted molar refractivity (Wildman–Crippen MR) is 443 cm³/mol. The van der Waals surface area contributed by atoms with Crippen LogP contribution in [0.1, 0.15) is 109 Å². The number of hydrogen-bond donors (Lipinski definition) is 17. The van der Waals surface area contributed by atoms with Gasteiger partial charge in [0, 0.05) is 129 Å². The van der Waals surface area contributed by atoms with E-state index in [1.807, 2.05) is 4.90 Å². The fourth-order valence-electron chi connectivity index (χ4n) is 14.0. The number of imide groups is 1. The Bertz CT molecular complexity index is 3930. The summed E-state index contributed by atoms with van der Waals surface area (Å²) in [6.07, 6.45) is -3.10. The first-order chi connectivity index (χ1) is 59.6. The Morgan fingerprint density at radius 3 is 1.54 bits per heavy atom. The third-order valence-corrected chi connectivity index (χ3v) is 23.1. The molecular formula is C78H117N17O28S2. The van der Waals surface area contributed by atoms with Crippen molar-refractivity contribution in [2.24, 2.45) is 5.73 Å². The average molecular weight is 1810 g/mol. The van der Waals surface area contributed by atoms with Crippen LogP contribution < -0.4 is 58.9 Å². The molecule has 0 aromatic heterocycles. The van der Waals surface area contributed by atoms with Crippen molar-refractivity contribution < 1.29 is 136 Å². The SMILES string of the molecule is CCCC[C@H](NC(=O)CCC(=O)NCCCOCCOCCOCCCNC(=O)CN1CCN(CC(=O)O)CCN(CC(=O)O)CCN(CC(=O)O)CC1)C(=O)N[C@H]1CSC2=C(SC[C@@H](C(=O)N[C@@H](CC(=O)O)C(N)=O)NC(=O)[C@H](Cc3ccccc3)NC(=O)[C@H](CCC(=O)O)NC(=O)[C@H]([C@@H](C)O)NC(=O)[C@@H]3CCCN3C(=O)[C@@H]3CCCN3C1=O)C(=O)NC2=O. The van der Waals surface area contributed by atoms with E-state index in [0.29, 0.717) is 81.0 Å². The predicted octanol–water partition coefficient (Wildman–Crippen LogP) is -6.33. The number of fused-ring (bicyclic) bond motifs is 2. The average Bonchev–Trinajstić information content (AvgIpc) is 1.65. The van der Waals surface area contributed by atoms with Gasteiger partial charge in [-0.25, -0.2) is 0 Å². The number of amides is 14. The Balaban J connectivity index is 1.07. The summed E-state index contributed by atoms with van der Waals surface area (Å²) in [5.74, 6) is -20.9. The number of rotatable bonds is 42. The van der Waals surface area contributed by atoms with Gasteiger partial charge in [-0.3, -0.25) is 116 Å². The molecule has 10 atom stereocenters. The summed E-state index contributed by atoms with van der Waals surface area (Å²) in [5, 5.41) is 83.8. The van der Waals surface area contributed by atoms with Crippen molar-refractivity contribution in [3.63, 3.8) is 0 Å². The number of ether oxygens (including phenoxy) is 3. The van der Waals surface area contributed by atoms with Crippen LogP contribution in [0.15, 0.2) is 40.1 Å². The van der Waals surface area contributed by atoms with Gasteiger partial charge in [0.05, 0.1) is 74.9 Å². The standard InChI is InChI=1S/C78H117N17O28S2/c1-3-4-14-49(82-58(98)19-18-57(97)80-21-10-33-121-35-37-123-38-36-122-34-11-22-81-59(99)41-90-25-27-91(42-62(104)105)29-31-93(44-64(108)109)32-30-92(28-26-90)43-63(106)107)69(111)87-54-46-125-67-66(75(117)89-76(67)118)124-45-53(72(114)84-51(68(79)110)40-61(102)103)86-71(113)52(39-48-12-6-5-7-13-48)85-70(112)50(17-20-60(100)101)83-74(116)65(47(2)96)88-73(115)55-15-8-23-94(55)78(120)56-16-9-24-95(56)77(54)119/h5-7,12-13,47,49-56,65,96H,3-4,8-11,14-46H2,1-2H3,(H2,79,110)(H,80,97)(H,81,99)(H,82,98)(H,83,116)(H,84,114)(H,85,112)(H,86,113)(H,87,111)(H,88,115)(H,100,101)(H,102,103)(H,104,105)(H,106,107)(H,108,109)(H,89,117,118)/t47-,49+,50+,51+,52+,53+,54+,55+,56+,65+/m1/s1. The molecule has 45 nitrogen and oxygen atoms in total. The van der Waals surface area contributed by atoms with Gasteiger partial charge in [-0.1, -0.05) is 50.1 Å². The van der Waals surface area contributed by atoms with Gasteiger partial charge in [-0.05, 0) is 63.9 Å². The number of benzene rings is 1. The number of carbonyl (C=O) groups excluding carboxylic acids is 14. The van der Waals surface area contributed by atoms with Crippen LogP contribution in [0.2, 0.25) is 0 Å². The van der Waals surface area contributed by atoms with Crippen LogP contribution in [0.4, 0.5) is 0 Å². The van der Waals surface area contributed by atoms with Crippen molar-refractivity contribution in [2.45, 2.75) is 171 Å². The van der Waals surface area contributed by atoms with Gasteiger partial charge < -0.3 is 108 Å². The molecule has 0 unspecified atom stereocenters. The Hall–Kier alpha value is -10.5. The van der Waals surface area contributed by atoms with Crippen molar-refractivity contribution >= 4 is 136 Å². The number of nitrogens with zero attached hydrogens (tertiary/aromatic N) is 6. The number of nitrogens with two attached hydrogens (primary N) is 1. The number of carboxylic acid groups (broad SMARTS) is 5. The maximum absolute atomic E-state index is 15.3. The summed E-state index contributed by atoms with van der Waals surface area (Å²) in [7, 11) is 0. The molecule has 0 bridgehead atoms. The van der Waals surface area contributed by atoms with E-state index in [1.54, 1.807) is 52.0 Å². The van der Waals surface area contributed by atoms with Crippen LogP contribution in [0.25, 0.3) is 0 Å². The highest BCUT2D eigenvalue weighted by atomic mass is 32.2. The van der Waals surface area contributed by atoms with Crippen molar-refractivity contribution in [3.05, 3.63) is 45.7 Å². The minimum Gasteiger partial charge on any atom is -0.481 e. The van der Waals surface area contributed by atoms with E-state index in [1.165, 1.54) is 9.80 Å². The zero-order valence-electron chi connectivity index (χ0n) is 70.0. The molecule has 5 aliphatic rings. The largest absolute Gasteiger partial charge is 0.481 e. The minimum atomic E-state index is -1.93. The van der Waals surface area contributed by atoms with Crippen LogP contribution >= 0.6 is 23.5 Å². The van der Waals surface area contributed by atoms with Gasteiger partial charge in [-0.15, -0.1) is 23.5 Å². The number of primary amides is 1. The molecule has 1 aromatic carbocycles. The van der Waals surface area contributed by atoms with Gasteiger partial charge in [0.1, 0.15) is 54.4 Å². The first-order valence-electron chi connectivity index (χ1n) is 41.5. The fraction of sp³-hybridized carbons (Fsp3) is 0.654. The molecule has 5 heterocycles. The number of carbonyl (C=O) groups is 19. The molecule has 47 heteroatoms. The summed E-state index contributed by atoms with van der Waals surface area (Å²) < 4.78 is 16.9. The number of aliphatic carboxylic acids is 5. The number of aliphatic hydroxyl groups excluding tert-OH is 1. The van der Waals surface area contributed by atoms with Gasteiger partial charge in [0.15, 0.2) is 0 Å². The Kier molecular flexibility index (Phi) is 44.9. The van der Waals surface area contributed by atoms with E-state index < -0.39 is 214 Å². The van der Waals surface area contributed by atoms with Crippen molar-refractivity contribution in [1.82, 2.24) is 82.6 Å². The van der Waals surface area contributed by atoms with E-state index in [0.717, 1.165) is 6.92 Å². The second-order valence-electron chi connectivity index (χ2n) is 30.4. The van der Waals surface area contributed by atoms with E-state index in [9.17, 15) is 117 Å². The molecule has 0 radical (unpaired) electrons. The second-order valence-corrected chi connectivity index (χ2v) is 32.5. The molecule has 0 spiro atoms. The summed E-state index contributed by atoms with van der Waals surface area (Å²) in [4.78, 5) is 264. The van der Waals surface area contributed by atoms with Gasteiger partial charge >= 0.3 is 29.8 Å². The van der Waals surface area contributed by atoms with E-state index in [4.69, 9.17) is 19.9 Å². The lowest BCUT2D eigenvalue weighted by Crippen LogP contribution is -2.62. The van der Waals surface area contributed by atoms with E-state index in [2.05, 4.69) is 53.2 Å². The number of thioether (sulfide) groups is 2. The summed E-state index contributed by atoms with van der Waals surface area (Å²) in [6.45, 7) is 5.89. The molecule has 1 aromatic rings. The molecule has 0 saturated carbocycles. The van der Waals surface area contributed by atoms with Gasteiger partial charge in [0.2, 0.25) is 70.9 Å². The number of nitrogens with one attached hydrogen (secondary N) is 10. The number of aliphatic hydroxyl groups is 1. The highest BCUT2D eigenvalue weighted by molar-refractivity contribution is 8.08. The van der Waals surface area contributed by atoms with Crippen LogP contribution in [0.5, 0.6) is 0 Å². The molecule has 3 fully saturated rings. The van der Waals surface area contributed by atoms with Gasteiger partial charge in [-0.2, -0.15) is 0 Å². The highest BCUT2D eigenvalue weighted by Gasteiger charge is 2.46. The Morgan fingerprint density at radius 2 is 1.02 bits per heavy atom. The molecule has 5 aliphatic heterocycles. The highest BCUT2D eigenvalue weighted by Crippen LogP contribution is 2.34. The smallest absolute Gasteiger partial charge is 0.317 e. The quantitative estimate of drug-likeness (QED) is 0.0214. The molecule has 125 heavy (non-hydrogen) atoms. The van der Waals surface area contributed by atoms with Crippen LogP contribution in [-0.4, -0.2) is 389 Å². The van der Waals surface area contributed by atoms with Crippen molar-refractivity contribution in [1.29, 1.82) is 0 Å². The van der Waals surface area contributed by atoms with E-state index in [-0.39, 0.29) is 169 Å². The topological polar surface area (TPSA) is 639 Å². The van der Waals surface area contributed by atoms with Crippen molar-refractivity contribution in [3.8, 4) is 0 Å². The molecular weight excluding hydrogens is 1690 g/mol. The number of carboxylic acids is 5. The Labute approximate surface area is 729 Å². The number of hydrogen-bond acceptors (Lipinski definition) is 29. The molecule has 18 N–H and O–H groups in total. The molecule has 3 saturated heterocycles. The lowest BCUT2D eigenvalue weighted by Gasteiger charge is -2.34. The summed E-state index contributed by atoms with van der Waals surface area (Å²) in [6, 6.07) is -7.10. The maximum atomic E-state index is 15.3. The first-order valence-corrected chi connectivity index (χ1v) is 43.4. The monoisotopic (exact) mass is 1800 g/mol. The summed E-state index contributed by atoms with van der Waals surface area (Å²) in [5.41, 5.74) is 5.86. The second kappa shape index (κ2) is 54.4. The van der Waals surface area contributed by atoms with Crippen LogP contribution in [0, 0.1) is 0 Å². The summed E-state index contributed by atoms with van der Waals surface area (Å²) >= 11 is 1.05. The van der Waals surface area contributed by atoms with Crippen LogP contribution in [-0.2, 0) is 112 Å². The lowest BCUT2D eigenvalue weighted by molar-refractivity contribution is -0.148. The number of unbranched alkanes of at least 4 members (excludes halogenated alkanes) is 1. The maximum Gasteiger partial charge on any atom is 0.317 e. The van der Waals surface area contributed by atoms with Gasteiger partial charge in [0.25, 0.3) is 11.8 Å².